The van der Waals surface area contributed by atoms with Gasteiger partial charge in [-0.2, -0.15) is 0 Å². The Hall–Kier alpha value is -1.36. The Labute approximate surface area is 147 Å². The van der Waals surface area contributed by atoms with Gasteiger partial charge in [-0.05, 0) is 43.5 Å². The highest BCUT2D eigenvalue weighted by Crippen LogP contribution is 2.30. The maximum atomic E-state index is 12.7. The topological polar surface area (TPSA) is 40.6 Å². The van der Waals surface area contributed by atoms with Crippen LogP contribution in [0.25, 0.3) is 0 Å². The second kappa shape index (κ2) is 7.95. The van der Waals surface area contributed by atoms with Gasteiger partial charge >= 0.3 is 0 Å². The summed E-state index contributed by atoms with van der Waals surface area (Å²) in [6.45, 7) is 8.18. The van der Waals surface area contributed by atoms with Gasteiger partial charge in [0.1, 0.15) is 0 Å². The summed E-state index contributed by atoms with van der Waals surface area (Å²) in [5, 5.41) is 0. The van der Waals surface area contributed by atoms with Crippen LogP contribution >= 0.6 is 15.9 Å². The second-order valence-corrected chi connectivity index (χ2v) is 7.08. The van der Waals surface area contributed by atoms with E-state index in [0.717, 1.165) is 41.7 Å². The van der Waals surface area contributed by atoms with Gasteiger partial charge in [0.05, 0.1) is 5.92 Å². The van der Waals surface area contributed by atoms with Gasteiger partial charge in [0.2, 0.25) is 11.8 Å². The van der Waals surface area contributed by atoms with Gasteiger partial charge in [-0.15, -0.1) is 0 Å². The van der Waals surface area contributed by atoms with E-state index in [9.17, 15) is 9.59 Å². The van der Waals surface area contributed by atoms with Crippen molar-refractivity contribution in [2.45, 2.75) is 40.0 Å². The number of hydrogen-bond acceptors (Lipinski definition) is 2. The van der Waals surface area contributed by atoms with Crippen LogP contribution in [0.5, 0.6) is 0 Å². The second-order valence-electron chi connectivity index (χ2n) is 6.16. The van der Waals surface area contributed by atoms with Crippen molar-refractivity contribution in [1.82, 2.24) is 4.90 Å². The molecule has 1 atom stereocenters. The molecule has 126 valence electrons. The van der Waals surface area contributed by atoms with Crippen molar-refractivity contribution >= 4 is 33.4 Å². The Balaban J connectivity index is 2.14. The summed E-state index contributed by atoms with van der Waals surface area (Å²) in [5.74, 6) is -0.0512. The summed E-state index contributed by atoms with van der Waals surface area (Å²) in [6.07, 6.45) is 2.21. The molecule has 0 radical (unpaired) electrons. The molecule has 4 nitrogen and oxygen atoms in total. The average Bonchev–Trinajstić information content (AvgIpc) is 2.88. The molecular weight excluding hydrogens is 356 g/mol. The fourth-order valence-corrected chi connectivity index (χ4v) is 3.63. The highest BCUT2D eigenvalue weighted by atomic mass is 79.9. The smallest absolute Gasteiger partial charge is 0.228 e. The lowest BCUT2D eigenvalue weighted by Crippen LogP contribution is -2.38. The zero-order chi connectivity index (χ0) is 17.0. The summed E-state index contributed by atoms with van der Waals surface area (Å²) in [6, 6.07) is 5.88. The number of carbonyl (C=O) groups excluding carboxylic acids is 2. The van der Waals surface area contributed by atoms with Crippen LogP contribution in [-0.2, 0) is 9.59 Å². The molecule has 5 heteroatoms. The molecule has 1 saturated heterocycles. The van der Waals surface area contributed by atoms with Crippen molar-refractivity contribution < 1.29 is 9.59 Å². The minimum atomic E-state index is -0.219. The third kappa shape index (κ3) is 4.14. The number of amides is 2. The van der Waals surface area contributed by atoms with Crippen LogP contribution in [-0.4, -0.2) is 36.3 Å². The molecule has 0 spiro atoms. The summed E-state index contributed by atoms with van der Waals surface area (Å²) >= 11 is 3.44. The highest BCUT2D eigenvalue weighted by molar-refractivity contribution is 9.10. The summed E-state index contributed by atoms with van der Waals surface area (Å²) in [4.78, 5) is 28.8. The van der Waals surface area contributed by atoms with Gasteiger partial charge in [-0.25, -0.2) is 0 Å². The first-order valence-electron chi connectivity index (χ1n) is 8.33. The molecule has 1 heterocycles. The van der Waals surface area contributed by atoms with Crippen LogP contribution in [0.2, 0.25) is 0 Å². The normalized spacial score (nSPS) is 17.7. The lowest BCUT2D eigenvalue weighted by atomic mass is 10.1. The monoisotopic (exact) mass is 380 g/mol. The van der Waals surface area contributed by atoms with Crippen molar-refractivity contribution in [1.29, 1.82) is 0 Å². The van der Waals surface area contributed by atoms with Gasteiger partial charge in [0.15, 0.2) is 0 Å². The maximum absolute atomic E-state index is 12.7. The van der Waals surface area contributed by atoms with Crippen LogP contribution in [0.3, 0.4) is 0 Å². The van der Waals surface area contributed by atoms with E-state index in [4.69, 9.17) is 0 Å². The Morgan fingerprint density at radius 1 is 1.30 bits per heavy atom. The lowest BCUT2D eigenvalue weighted by molar-refractivity contribution is -0.135. The molecule has 0 saturated carbocycles. The predicted molar refractivity (Wildman–Crippen MR) is 96.5 cm³/mol. The summed E-state index contributed by atoms with van der Waals surface area (Å²) in [7, 11) is 0. The minimum Gasteiger partial charge on any atom is -0.342 e. The van der Waals surface area contributed by atoms with E-state index < -0.39 is 0 Å². The molecule has 1 unspecified atom stereocenters. The van der Waals surface area contributed by atoms with E-state index >= 15 is 0 Å². The van der Waals surface area contributed by atoms with Gasteiger partial charge < -0.3 is 9.80 Å². The predicted octanol–water partition coefficient (Wildman–Crippen LogP) is 3.76. The van der Waals surface area contributed by atoms with E-state index in [1.807, 2.05) is 30.0 Å². The van der Waals surface area contributed by atoms with Gasteiger partial charge in [-0.1, -0.05) is 29.8 Å². The Bertz CT molecular complexity index is 582. The molecule has 2 rings (SSSR count). The fraction of sp³-hybridized carbons (Fsp3) is 0.556. The van der Waals surface area contributed by atoms with Crippen molar-refractivity contribution in [3.05, 3.63) is 28.2 Å². The third-order valence-corrected chi connectivity index (χ3v) is 4.72. The van der Waals surface area contributed by atoms with E-state index in [0.29, 0.717) is 13.0 Å². The quantitative estimate of drug-likeness (QED) is 0.753. The molecule has 23 heavy (non-hydrogen) atoms. The molecule has 0 N–H and O–H groups in total. The van der Waals surface area contributed by atoms with E-state index in [-0.39, 0.29) is 17.7 Å². The van der Waals surface area contributed by atoms with E-state index in [1.165, 1.54) is 0 Å². The van der Waals surface area contributed by atoms with Gasteiger partial charge in [0.25, 0.3) is 0 Å². The van der Waals surface area contributed by atoms with Crippen LogP contribution < -0.4 is 4.90 Å². The van der Waals surface area contributed by atoms with E-state index in [1.54, 1.807) is 4.90 Å². The standard InChI is InChI=1S/C18H25BrN2O2/c1-4-8-20(9-5-2)18(23)14-11-17(22)21(12-14)16-7-6-15(19)10-13(16)3/h6-7,10,14H,4-5,8-9,11-12H2,1-3H3. The molecule has 1 aliphatic rings. The molecule has 1 aromatic carbocycles. The highest BCUT2D eigenvalue weighted by Gasteiger charge is 2.37. The molecule has 2 amide bonds. The van der Waals surface area contributed by atoms with Crippen LogP contribution in [0, 0.1) is 12.8 Å². The molecule has 1 aliphatic heterocycles. The van der Waals surface area contributed by atoms with Crippen molar-refractivity contribution in [3.8, 4) is 0 Å². The number of anilines is 1. The summed E-state index contributed by atoms with van der Waals surface area (Å²) < 4.78 is 0.995. The first-order chi connectivity index (χ1) is 11.0. The van der Waals surface area contributed by atoms with Crippen molar-refractivity contribution in [2.24, 2.45) is 5.92 Å². The number of nitrogens with zero attached hydrogens (tertiary/aromatic N) is 2. The SMILES string of the molecule is CCCN(CCC)C(=O)C1CC(=O)N(c2ccc(Br)cc2C)C1. The summed E-state index contributed by atoms with van der Waals surface area (Å²) in [5.41, 5.74) is 1.95. The Kier molecular flexibility index (Phi) is 6.22. The largest absolute Gasteiger partial charge is 0.342 e. The van der Waals surface area contributed by atoms with E-state index in [2.05, 4.69) is 29.8 Å². The van der Waals surface area contributed by atoms with Crippen LogP contribution in [0.15, 0.2) is 22.7 Å². The minimum absolute atomic E-state index is 0.0433. The third-order valence-electron chi connectivity index (χ3n) is 4.22. The first-order valence-corrected chi connectivity index (χ1v) is 9.12. The maximum Gasteiger partial charge on any atom is 0.228 e. The molecule has 0 aliphatic carbocycles. The van der Waals surface area contributed by atoms with Crippen molar-refractivity contribution in [3.63, 3.8) is 0 Å². The molecule has 1 fully saturated rings. The van der Waals surface area contributed by atoms with Gasteiger partial charge in [0, 0.05) is 36.2 Å². The van der Waals surface area contributed by atoms with Crippen LogP contribution in [0.4, 0.5) is 5.69 Å². The number of halogens is 1. The molecular formula is C18H25BrN2O2. The fourth-order valence-electron chi connectivity index (χ4n) is 3.16. The molecule has 0 bridgehead atoms. The number of benzene rings is 1. The number of aryl methyl sites for hydroxylation is 1. The Morgan fingerprint density at radius 2 is 1.96 bits per heavy atom. The lowest BCUT2D eigenvalue weighted by Gasteiger charge is -2.25. The zero-order valence-corrected chi connectivity index (χ0v) is 15.7. The number of hydrogen-bond donors (Lipinski definition) is 0. The molecule has 1 aromatic rings. The number of rotatable bonds is 6. The first kappa shape index (κ1) is 18.0. The Morgan fingerprint density at radius 3 is 2.52 bits per heavy atom. The van der Waals surface area contributed by atoms with Gasteiger partial charge in [-0.3, -0.25) is 9.59 Å². The van der Waals surface area contributed by atoms with Crippen molar-refractivity contribution in [2.75, 3.05) is 24.5 Å². The molecule has 0 aromatic heterocycles. The average molecular weight is 381 g/mol. The van der Waals surface area contributed by atoms with Crippen LogP contribution in [0.1, 0.15) is 38.7 Å². The number of carbonyl (C=O) groups is 2. The zero-order valence-electron chi connectivity index (χ0n) is 14.1.